The average molecular weight is 520 g/mol. The van der Waals surface area contributed by atoms with E-state index in [2.05, 4.69) is 20.4 Å². The topological polar surface area (TPSA) is 94.2 Å². The van der Waals surface area contributed by atoms with Gasteiger partial charge in [0.25, 0.3) is 0 Å². The molecule has 1 aromatic rings. The molecular weight excluding hydrogens is 478 g/mol. The van der Waals surface area contributed by atoms with Crippen molar-refractivity contribution < 1.29 is 17.9 Å². The normalized spacial score (nSPS) is 24.9. The van der Waals surface area contributed by atoms with Gasteiger partial charge in [0.2, 0.25) is 10.0 Å². The summed E-state index contributed by atoms with van der Waals surface area (Å²) in [5.41, 5.74) is 0.941. The molecule has 0 atom stereocenters. The zero-order chi connectivity index (χ0) is 25.0. The van der Waals surface area contributed by atoms with E-state index < -0.39 is 16.1 Å². The molecule has 0 bridgehead atoms. The van der Waals surface area contributed by atoms with Gasteiger partial charge in [0.15, 0.2) is 0 Å². The van der Waals surface area contributed by atoms with E-state index in [9.17, 15) is 13.2 Å². The molecule has 0 aromatic heterocycles. The predicted octanol–water partition coefficient (Wildman–Crippen LogP) is 1.61. The fraction of sp³-hybridized carbons (Fsp3) is 0.731. The van der Waals surface area contributed by atoms with Gasteiger partial charge in [-0.05, 0) is 70.3 Å². The van der Waals surface area contributed by atoms with Crippen LogP contribution in [0.5, 0.6) is 0 Å². The summed E-state index contributed by atoms with van der Waals surface area (Å²) in [6, 6.07) is 10.8. The molecule has 0 saturated carbocycles. The molecular formula is C26H41N5O4S. The standard InChI is InChI=1S/C26H41N5O4S/c32-26(35-20-21-4-2-1-3-5-21)28-22-8-16-31(17-9-22)36(33,34)25-10-14-29(15-11-25)24-18-30(19-24)23-6-12-27-13-7-23/h1-5,22-25,27H,6-20H2,(H,28,32). The highest BCUT2D eigenvalue weighted by Crippen LogP contribution is 2.28. The Bertz CT molecular complexity index is 950. The maximum Gasteiger partial charge on any atom is 0.407 e. The maximum atomic E-state index is 13.3. The Morgan fingerprint density at radius 2 is 1.56 bits per heavy atom. The third-order valence-corrected chi connectivity index (χ3v) is 10.9. The number of hydrogen-bond donors (Lipinski definition) is 2. The van der Waals surface area contributed by atoms with Crippen LogP contribution in [-0.4, -0.2) is 104 Å². The number of hydrogen-bond acceptors (Lipinski definition) is 7. The molecule has 0 radical (unpaired) electrons. The number of benzene rings is 1. The largest absolute Gasteiger partial charge is 0.445 e. The molecule has 1 aromatic carbocycles. The average Bonchev–Trinajstić information content (AvgIpc) is 2.89. The van der Waals surface area contributed by atoms with Crippen LogP contribution < -0.4 is 10.6 Å². The summed E-state index contributed by atoms with van der Waals surface area (Å²) < 4.78 is 33.6. The zero-order valence-corrected chi connectivity index (χ0v) is 22.0. The first-order valence-corrected chi connectivity index (χ1v) is 15.1. The minimum Gasteiger partial charge on any atom is -0.445 e. The van der Waals surface area contributed by atoms with E-state index in [0.29, 0.717) is 32.0 Å². The van der Waals surface area contributed by atoms with E-state index >= 15 is 0 Å². The van der Waals surface area contributed by atoms with Crippen molar-refractivity contribution in [2.45, 2.75) is 68.5 Å². The zero-order valence-electron chi connectivity index (χ0n) is 21.2. The van der Waals surface area contributed by atoms with Crippen LogP contribution in [-0.2, 0) is 21.4 Å². The lowest BCUT2D eigenvalue weighted by Gasteiger charge is -2.51. The van der Waals surface area contributed by atoms with E-state index in [1.807, 2.05) is 30.3 Å². The fourth-order valence-corrected chi connectivity index (χ4v) is 8.07. The summed E-state index contributed by atoms with van der Waals surface area (Å²) in [4.78, 5) is 17.3. The second-order valence-electron chi connectivity index (χ2n) is 10.7. The number of ether oxygens (including phenoxy) is 1. The highest BCUT2D eigenvalue weighted by atomic mass is 32.2. The molecule has 36 heavy (non-hydrogen) atoms. The quantitative estimate of drug-likeness (QED) is 0.565. The van der Waals surface area contributed by atoms with E-state index in [1.165, 1.54) is 12.8 Å². The van der Waals surface area contributed by atoms with Gasteiger partial charge in [-0.2, -0.15) is 0 Å². The Morgan fingerprint density at radius 3 is 2.22 bits per heavy atom. The van der Waals surface area contributed by atoms with E-state index in [-0.39, 0.29) is 17.9 Å². The number of nitrogens with one attached hydrogen (secondary N) is 2. The van der Waals surface area contributed by atoms with Crippen molar-refractivity contribution in [1.29, 1.82) is 0 Å². The van der Waals surface area contributed by atoms with Crippen molar-refractivity contribution in [3.63, 3.8) is 0 Å². The van der Waals surface area contributed by atoms with Gasteiger partial charge < -0.3 is 15.4 Å². The van der Waals surface area contributed by atoms with Gasteiger partial charge in [-0.3, -0.25) is 9.80 Å². The first kappa shape index (κ1) is 25.9. The Balaban J connectivity index is 1.01. The van der Waals surface area contributed by atoms with Crippen LogP contribution >= 0.6 is 0 Å². The molecule has 200 valence electrons. The number of carbonyl (C=O) groups is 1. The molecule has 1 amide bonds. The van der Waals surface area contributed by atoms with Crippen LogP contribution in [0.1, 0.15) is 44.1 Å². The highest BCUT2D eigenvalue weighted by Gasteiger charge is 2.41. The molecule has 4 fully saturated rings. The Labute approximate surface area is 215 Å². The molecule has 10 heteroatoms. The Kier molecular flexibility index (Phi) is 8.47. The summed E-state index contributed by atoms with van der Waals surface area (Å²) >= 11 is 0. The van der Waals surface area contributed by atoms with E-state index in [0.717, 1.165) is 63.7 Å². The summed E-state index contributed by atoms with van der Waals surface area (Å²) in [5.74, 6) is 0. The van der Waals surface area contributed by atoms with Crippen molar-refractivity contribution in [2.24, 2.45) is 0 Å². The van der Waals surface area contributed by atoms with Gasteiger partial charge in [0.1, 0.15) is 6.61 Å². The van der Waals surface area contributed by atoms with Crippen molar-refractivity contribution in [1.82, 2.24) is 24.7 Å². The van der Waals surface area contributed by atoms with Gasteiger partial charge in [-0.15, -0.1) is 0 Å². The van der Waals surface area contributed by atoms with Crippen molar-refractivity contribution >= 4 is 16.1 Å². The Morgan fingerprint density at radius 1 is 0.889 bits per heavy atom. The molecule has 4 saturated heterocycles. The molecule has 0 unspecified atom stereocenters. The molecule has 9 nitrogen and oxygen atoms in total. The number of amides is 1. The van der Waals surface area contributed by atoms with Crippen molar-refractivity contribution in [3.05, 3.63) is 35.9 Å². The fourth-order valence-electron chi connectivity index (χ4n) is 6.12. The van der Waals surface area contributed by atoms with Gasteiger partial charge in [0, 0.05) is 44.3 Å². The number of sulfonamides is 1. The van der Waals surface area contributed by atoms with Gasteiger partial charge in [-0.1, -0.05) is 30.3 Å². The second kappa shape index (κ2) is 11.8. The number of carbonyl (C=O) groups excluding carboxylic acids is 1. The second-order valence-corrected chi connectivity index (χ2v) is 13.0. The van der Waals surface area contributed by atoms with Crippen molar-refractivity contribution in [2.75, 3.05) is 52.4 Å². The molecule has 4 aliphatic rings. The smallest absolute Gasteiger partial charge is 0.407 e. The third kappa shape index (κ3) is 6.22. The van der Waals surface area contributed by atoms with Crippen LogP contribution in [0.25, 0.3) is 0 Å². The third-order valence-electron chi connectivity index (χ3n) is 8.48. The van der Waals surface area contributed by atoms with Crippen LogP contribution in [0.4, 0.5) is 4.79 Å². The number of alkyl carbamates (subject to hydrolysis) is 1. The van der Waals surface area contributed by atoms with Crippen LogP contribution in [0.15, 0.2) is 30.3 Å². The monoisotopic (exact) mass is 519 g/mol. The van der Waals surface area contributed by atoms with Gasteiger partial charge in [-0.25, -0.2) is 17.5 Å². The van der Waals surface area contributed by atoms with E-state index in [1.54, 1.807) is 4.31 Å². The van der Waals surface area contributed by atoms with Crippen molar-refractivity contribution in [3.8, 4) is 0 Å². The van der Waals surface area contributed by atoms with Crippen LogP contribution in [0, 0.1) is 0 Å². The van der Waals surface area contributed by atoms with E-state index in [4.69, 9.17) is 4.74 Å². The first-order valence-electron chi connectivity index (χ1n) is 13.6. The molecule has 0 spiro atoms. The first-order chi connectivity index (χ1) is 17.5. The molecule has 4 aliphatic heterocycles. The number of nitrogens with zero attached hydrogens (tertiary/aromatic N) is 3. The summed E-state index contributed by atoms with van der Waals surface area (Å²) in [6.45, 7) is 7.42. The molecule has 0 aliphatic carbocycles. The van der Waals surface area contributed by atoms with Crippen LogP contribution in [0.2, 0.25) is 0 Å². The van der Waals surface area contributed by atoms with Crippen LogP contribution in [0.3, 0.4) is 0 Å². The minimum absolute atomic E-state index is 0.0527. The molecule has 2 N–H and O–H groups in total. The SMILES string of the molecule is O=C(NC1CCN(S(=O)(=O)C2CCN(C3CN(C4CCNCC4)C3)CC2)CC1)OCc1ccccc1. The molecule has 5 rings (SSSR count). The maximum absolute atomic E-state index is 13.3. The highest BCUT2D eigenvalue weighted by molar-refractivity contribution is 7.89. The number of rotatable bonds is 7. The van der Waals surface area contributed by atoms with Gasteiger partial charge in [0.05, 0.1) is 5.25 Å². The lowest BCUT2D eigenvalue weighted by Crippen LogP contribution is -2.64. The molecule has 4 heterocycles. The summed E-state index contributed by atoms with van der Waals surface area (Å²) in [7, 11) is -3.30. The Hall–Kier alpha value is -1.72. The number of piperidine rings is 3. The van der Waals surface area contributed by atoms with Gasteiger partial charge >= 0.3 is 6.09 Å². The summed E-state index contributed by atoms with van der Waals surface area (Å²) in [5, 5.41) is 6.06. The minimum atomic E-state index is -3.30. The predicted molar refractivity (Wildman–Crippen MR) is 139 cm³/mol. The number of likely N-dealkylation sites (tertiary alicyclic amines) is 2. The lowest BCUT2D eigenvalue weighted by molar-refractivity contribution is -0.0107. The summed E-state index contributed by atoms with van der Waals surface area (Å²) in [6.07, 6.45) is 4.72. The lowest BCUT2D eigenvalue weighted by atomic mass is 9.96.